The molecule has 1 atom stereocenters. The molecule has 2 heterocycles. The summed E-state index contributed by atoms with van der Waals surface area (Å²) in [6.07, 6.45) is 0.492. The number of aromatic amines is 1. The molecule has 0 aliphatic carbocycles. The number of nitrogens with zero attached hydrogens (tertiary/aromatic N) is 1. The summed E-state index contributed by atoms with van der Waals surface area (Å²) in [5, 5.41) is 8.97. The molecule has 0 radical (unpaired) electrons. The van der Waals surface area contributed by atoms with Crippen molar-refractivity contribution in [1.82, 2.24) is 9.88 Å². The lowest BCUT2D eigenvalue weighted by atomic mass is 10.0. The number of carboxylic acid groups (broad SMARTS) is 1. The van der Waals surface area contributed by atoms with E-state index < -0.39 is 12.0 Å². The number of amides is 1. The summed E-state index contributed by atoms with van der Waals surface area (Å²) in [7, 11) is 0. The Hall–Kier alpha value is -2.15. The first-order chi connectivity index (χ1) is 10.9. The van der Waals surface area contributed by atoms with Crippen LogP contribution in [-0.2, 0) is 16.0 Å². The van der Waals surface area contributed by atoms with Gasteiger partial charge in [0.25, 0.3) is 5.91 Å². The van der Waals surface area contributed by atoms with Gasteiger partial charge in [0, 0.05) is 23.9 Å². The lowest BCUT2D eigenvalue weighted by molar-refractivity contribution is -0.139. The first-order valence-electron chi connectivity index (χ1n) is 7.70. The Morgan fingerprint density at radius 3 is 2.83 bits per heavy atom. The molecule has 2 N–H and O–H groups in total. The Labute approximate surface area is 134 Å². The fraction of sp³-hybridized carbons (Fsp3) is 0.562. The average molecular weight is 322 g/mol. The highest BCUT2D eigenvalue weighted by Gasteiger charge is 2.30. The monoisotopic (exact) mass is 322 g/mol. The number of pyridine rings is 1. The van der Waals surface area contributed by atoms with Gasteiger partial charge >= 0.3 is 5.97 Å². The SMILES string of the molecule is CC(C)Cc1cc(C(=O)N2CCOC[C@@H]2CC(=O)O)cc(=O)[nH]1. The molecular formula is C16H22N2O5. The highest BCUT2D eigenvalue weighted by Crippen LogP contribution is 2.15. The van der Waals surface area contributed by atoms with E-state index >= 15 is 0 Å². The molecule has 1 aliphatic rings. The molecule has 7 nitrogen and oxygen atoms in total. The van der Waals surface area contributed by atoms with Gasteiger partial charge in [0.15, 0.2) is 0 Å². The van der Waals surface area contributed by atoms with Gasteiger partial charge in [0.05, 0.1) is 25.7 Å². The van der Waals surface area contributed by atoms with Crippen LogP contribution in [-0.4, -0.2) is 52.7 Å². The quantitative estimate of drug-likeness (QED) is 0.838. The van der Waals surface area contributed by atoms with Crippen molar-refractivity contribution >= 4 is 11.9 Å². The Morgan fingerprint density at radius 1 is 1.43 bits per heavy atom. The second kappa shape index (κ2) is 7.41. The van der Waals surface area contributed by atoms with Crippen LogP contribution in [0.25, 0.3) is 0 Å². The van der Waals surface area contributed by atoms with Crippen LogP contribution in [0.1, 0.15) is 36.3 Å². The highest BCUT2D eigenvalue weighted by molar-refractivity contribution is 5.94. The molecule has 0 aromatic carbocycles. The number of carbonyl (C=O) groups is 2. The predicted molar refractivity (Wildman–Crippen MR) is 83.5 cm³/mol. The molecule has 1 aromatic rings. The van der Waals surface area contributed by atoms with Gasteiger partial charge in [0.2, 0.25) is 5.56 Å². The predicted octanol–water partition coefficient (Wildman–Crippen LogP) is 0.889. The van der Waals surface area contributed by atoms with Crippen LogP contribution in [0.2, 0.25) is 0 Å². The van der Waals surface area contributed by atoms with E-state index in [1.807, 2.05) is 13.8 Å². The Morgan fingerprint density at radius 2 is 2.17 bits per heavy atom. The van der Waals surface area contributed by atoms with Crippen molar-refractivity contribution in [1.29, 1.82) is 0 Å². The summed E-state index contributed by atoms with van der Waals surface area (Å²) in [6, 6.07) is 2.43. The number of rotatable bonds is 5. The van der Waals surface area contributed by atoms with E-state index in [1.165, 1.54) is 11.0 Å². The molecule has 1 saturated heterocycles. The van der Waals surface area contributed by atoms with Gasteiger partial charge in [-0.05, 0) is 18.4 Å². The minimum absolute atomic E-state index is 0.173. The van der Waals surface area contributed by atoms with Gasteiger partial charge in [-0.3, -0.25) is 14.4 Å². The third kappa shape index (κ3) is 4.66. The molecule has 0 saturated carbocycles. The largest absolute Gasteiger partial charge is 0.481 e. The Bertz CT molecular complexity index is 638. The van der Waals surface area contributed by atoms with Gasteiger partial charge < -0.3 is 19.7 Å². The van der Waals surface area contributed by atoms with E-state index in [0.29, 0.717) is 36.7 Å². The Balaban J connectivity index is 2.25. The molecule has 1 aliphatic heterocycles. The van der Waals surface area contributed by atoms with Crippen molar-refractivity contribution in [2.75, 3.05) is 19.8 Å². The number of morpholine rings is 1. The standard InChI is InChI=1S/C16H22N2O5/c1-10(2)5-12-6-11(7-14(19)17-12)16(22)18-3-4-23-9-13(18)8-15(20)21/h6-7,10,13H,3-5,8-9H2,1-2H3,(H,17,19)(H,20,21)/t13-/m0/s1. The average Bonchev–Trinajstić information content (AvgIpc) is 2.45. The van der Waals surface area contributed by atoms with E-state index in [1.54, 1.807) is 6.07 Å². The molecule has 7 heteroatoms. The first-order valence-corrected chi connectivity index (χ1v) is 7.70. The normalized spacial score (nSPS) is 18.2. The number of hydrogen-bond acceptors (Lipinski definition) is 4. The minimum atomic E-state index is -0.982. The van der Waals surface area contributed by atoms with Crippen LogP contribution in [0.15, 0.2) is 16.9 Å². The number of nitrogens with one attached hydrogen (secondary N) is 1. The van der Waals surface area contributed by atoms with Crippen LogP contribution in [0.3, 0.4) is 0 Å². The number of aliphatic carboxylic acids is 1. The van der Waals surface area contributed by atoms with Crippen LogP contribution >= 0.6 is 0 Å². The number of carboxylic acids is 1. The maximum absolute atomic E-state index is 12.7. The van der Waals surface area contributed by atoms with Crippen molar-refractivity contribution in [3.8, 4) is 0 Å². The fourth-order valence-electron chi connectivity index (χ4n) is 2.73. The van der Waals surface area contributed by atoms with E-state index in [2.05, 4.69) is 4.98 Å². The van der Waals surface area contributed by atoms with Gasteiger partial charge in [-0.25, -0.2) is 0 Å². The molecule has 126 valence electrons. The molecule has 1 fully saturated rings. The maximum atomic E-state index is 12.7. The summed E-state index contributed by atoms with van der Waals surface area (Å²) in [5.41, 5.74) is 0.676. The second-order valence-corrected chi connectivity index (χ2v) is 6.18. The topological polar surface area (TPSA) is 99.7 Å². The first kappa shape index (κ1) is 17.2. The van der Waals surface area contributed by atoms with Crippen LogP contribution in [0.4, 0.5) is 0 Å². The number of H-pyrrole nitrogens is 1. The molecule has 1 amide bonds. The van der Waals surface area contributed by atoms with E-state index in [0.717, 1.165) is 0 Å². The minimum Gasteiger partial charge on any atom is -0.481 e. The van der Waals surface area contributed by atoms with Crippen molar-refractivity contribution in [2.45, 2.75) is 32.7 Å². The van der Waals surface area contributed by atoms with E-state index in [4.69, 9.17) is 9.84 Å². The molecule has 0 spiro atoms. The van der Waals surface area contributed by atoms with Crippen LogP contribution < -0.4 is 5.56 Å². The van der Waals surface area contributed by atoms with E-state index in [-0.39, 0.29) is 24.5 Å². The summed E-state index contributed by atoms with van der Waals surface area (Å²) in [5.74, 6) is -0.959. The molecule has 0 bridgehead atoms. The summed E-state index contributed by atoms with van der Waals surface area (Å²) < 4.78 is 5.27. The summed E-state index contributed by atoms with van der Waals surface area (Å²) in [4.78, 5) is 39.7. The van der Waals surface area contributed by atoms with Crippen molar-refractivity contribution in [3.63, 3.8) is 0 Å². The number of carbonyl (C=O) groups excluding carboxylic acids is 1. The number of aromatic nitrogens is 1. The number of ether oxygens (including phenoxy) is 1. The maximum Gasteiger partial charge on any atom is 0.305 e. The lowest BCUT2D eigenvalue weighted by Gasteiger charge is -2.34. The molecule has 1 aromatic heterocycles. The molecule has 2 rings (SSSR count). The van der Waals surface area contributed by atoms with Gasteiger partial charge in [-0.15, -0.1) is 0 Å². The summed E-state index contributed by atoms with van der Waals surface area (Å²) >= 11 is 0. The van der Waals surface area contributed by atoms with Crippen molar-refractivity contribution in [2.24, 2.45) is 5.92 Å². The third-order valence-electron chi connectivity index (χ3n) is 3.67. The smallest absolute Gasteiger partial charge is 0.305 e. The molecule has 0 unspecified atom stereocenters. The lowest BCUT2D eigenvalue weighted by Crippen LogP contribution is -2.49. The zero-order valence-corrected chi connectivity index (χ0v) is 13.4. The van der Waals surface area contributed by atoms with Gasteiger partial charge in [-0.1, -0.05) is 13.8 Å². The van der Waals surface area contributed by atoms with Gasteiger partial charge in [0.1, 0.15) is 0 Å². The molecular weight excluding hydrogens is 300 g/mol. The van der Waals surface area contributed by atoms with E-state index in [9.17, 15) is 14.4 Å². The zero-order chi connectivity index (χ0) is 17.0. The Kier molecular flexibility index (Phi) is 5.54. The molecule has 23 heavy (non-hydrogen) atoms. The van der Waals surface area contributed by atoms with Gasteiger partial charge in [-0.2, -0.15) is 0 Å². The zero-order valence-electron chi connectivity index (χ0n) is 13.4. The summed E-state index contributed by atoms with van der Waals surface area (Å²) in [6.45, 7) is 4.93. The number of hydrogen-bond donors (Lipinski definition) is 2. The second-order valence-electron chi connectivity index (χ2n) is 6.18. The van der Waals surface area contributed by atoms with Crippen LogP contribution in [0, 0.1) is 5.92 Å². The fourth-order valence-corrected chi connectivity index (χ4v) is 2.73. The highest BCUT2D eigenvalue weighted by atomic mass is 16.5. The van der Waals surface area contributed by atoms with Crippen molar-refractivity contribution in [3.05, 3.63) is 33.7 Å². The third-order valence-corrected chi connectivity index (χ3v) is 3.67. The van der Waals surface area contributed by atoms with Crippen molar-refractivity contribution < 1.29 is 19.4 Å². The van der Waals surface area contributed by atoms with Crippen LogP contribution in [0.5, 0.6) is 0 Å².